The molecular weight excluding hydrogens is 344 g/mol. The largest absolute Gasteiger partial charge is 0.471 e. The maximum atomic E-state index is 12.2. The van der Waals surface area contributed by atoms with Crippen LogP contribution in [0.3, 0.4) is 0 Å². The van der Waals surface area contributed by atoms with Gasteiger partial charge in [-0.25, -0.2) is 4.68 Å². The van der Waals surface area contributed by atoms with Crippen LogP contribution in [-0.2, 0) is 13.3 Å². The average molecular weight is 357 g/mol. The van der Waals surface area contributed by atoms with E-state index in [4.69, 9.17) is 21.6 Å². The predicted octanol–water partition coefficient (Wildman–Crippen LogP) is 2.55. The summed E-state index contributed by atoms with van der Waals surface area (Å²) >= 11 is 5.89. The number of hydrogen-bond acceptors (Lipinski definition) is 5. The maximum absolute atomic E-state index is 12.2. The lowest BCUT2D eigenvalue weighted by molar-refractivity contribution is 0.102. The van der Waals surface area contributed by atoms with Crippen LogP contribution >= 0.6 is 11.6 Å². The van der Waals surface area contributed by atoms with Crippen molar-refractivity contribution >= 4 is 23.3 Å². The molecule has 126 valence electrons. The highest BCUT2D eigenvalue weighted by Crippen LogP contribution is 2.17. The monoisotopic (exact) mass is 356 g/mol. The molecule has 0 fully saturated rings. The van der Waals surface area contributed by atoms with Gasteiger partial charge in [0.15, 0.2) is 18.2 Å². The lowest BCUT2D eigenvalue weighted by atomic mass is 10.3. The number of amides is 1. The summed E-state index contributed by atoms with van der Waals surface area (Å²) < 4.78 is 8.47. The zero-order chi connectivity index (χ0) is 17.6. The number of halogens is 1. The van der Waals surface area contributed by atoms with Gasteiger partial charge in [0.05, 0.1) is 6.07 Å². The summed E-state index contributed by atoms with van der Waals surface area (Å²) in [5.41, 5.74) is 0.226. The molecule has 1 aromatic carbocycles. The van der Waals surface area contributed by atoms with Crippen LogP contribution < -0.4 is 10.1 Å². The molecule has 0 atom stereocenters. The Kier molecular flexibility index (Phi) is 4.97. The van der Waals surface area contributed by atoms with Crippen LogP contribution in [0.15, 0.2) is 48.8 Å². The summed E-state index contributed by atoms with van der Waals surface area (Å²) in [6.07, 6.45) is 3.24. The van der Waals surface area contributed by atoms with Crippen LogP contribution in [0.5, 0.6) is 5.75 Å². The Balaban J connectivity index is 1.58. The molecule has 0 unspecified atom stereocenters. The third-order valence-corrected chi connectivity index (χ3v) is 3.38. The van der Waals surface area contributed by atoms with Crippen molar-refractivity contribution < 1.29 is 9.53 Å². The fraction of sp³-hybridized carbons (Fsp3) is 0.125. The summed E-state index contributed by atoms with van der Waals surface area (Å²) in [5.74, 6) is 0.561. The highest BCUT2D eigenvalue weighted by atomic mass is 35.5. The second-order valence-electron chi connectivity index (χ2n) is 4.98. The molecule has 1 amide bonds. The molecule has 3 rings (SSSR count). The Hall–Kier alpha value is -3.31. The third kappa shape index (κ3) is 4.37. The third-order valence-electron chi connectivity index (χ3n) is 3.15. The fourth-order valence-electron chi connectivity index (χ4n) is 2.02. The Bertz CT molecular complexity index is 927. The quantitative estimate of drug-likeness (QED) is 0.731. The van der Waals surface area contributed by atoms with E-state index in [-0.39, 0.29) is 19.0 Å². The molecule has 0 radical (unpaired) electrons. The Morgan fingerprint density at radius 1 is 1.24 bits per heavy atom. The van der Waals surface area contributed by atoms with Crippen molar-refractivity contribution in [3.8, 4) is 11.8 Å². The van der Waals surface area contributed by atoms with Crippen LogP contribution in [0.2, 0.25) is 5.02 Å². The molecule has 1 N–H and O–H groups in total. The van der Waals surface area contributed by atoms with Gasteiger partial charge < -0.3 is 10.1 Å². The molecule has 8 nitrogen and oxygen atoms in total. The number of nitrogens with zero attached hydrogens (tertiary/aromatic N) is 5. The van der Waals surface area contributed by atoms with Crippen molar-refractivity contribution in [1.29, 1.82) is 5.26 Å². The number of nitrogens with one attached hydrogen (secondary N) is 1. The second-order valence-corrected chi connectivity index (χ2v) is 5.42. The molecule has 2 heterocycles. The molecule has 25 heavy (non-hydrogen) atoms. The van der Waals surface area contributed by atoms with E-state index in [2.05, 4.69) is 15.5 Å². The van der Waals surface area contributed by atoms with Gasteiger partial charge in [0.2, 0.25) is 0 Å². The first-order valence-electron chi connectivity index (χ1n) is 7.27. The molecule has 0 saturated heterocycles. The van der Waals surface area contributed by atoms with E-state index in [0.29, 0.717) is 16.6 Å². The van der Waals surface area contributed by atoms with Gasteiger partial charge in [-0.3, -0.25) is 9.48 Å². The molecule has 3 aromatic rings. The van der Waals surface area contributed by atoms with Crippen LogP contribution in [0.1, 0.15) is 10.5 Å². The number of carbonyl (C=O) groups is 1. The van der Waals surface area contributed by atoms with Crippen molar-refractivity contribution in [2.75, 3.05) is 5.32 Å². The number of benzene rings is 1. The zero-order valence-electron chi connectivity index (χ0n) is 13.0. The average Bonchev–Trinajstić information content (AvgIpc) is 3.23. The van der Waals surface area contributed by atoms with E-state index in [0.717, 1.165) is 0 Å². The first kappa shape index (κ1) is 16.5. The lowest BCUT2D eigenvalue weighted by Gasteiger charge is -2.06. The number of aromatic nitrogens is 4. The molecule has 9 heteroatoms. The smallest absolute Gasteiger partial charge is 0.277 e. The summed E-state index contributed by atoms with van der Waals surface area (Å²) in [7, 11) is 0. The van der Waals surface area contributed by atoms with E-state index in [1.54, 1.807) is 48.8 Å². The minimum Gasteiger partial charge on any atom is -0.471 e. The van der Waals surface area contributed by atoms with Crippen molar-refractivity contribution in [3.05, 3.63) is 59.5 Å². The Labute approximate surface area is 148 Å². The summed E-state index contributed by atoms with van der Waals surface area (Å²) in [4.78, 5) is 12.2. The first-order valence-corrected chi connectivity index (χ1v) is 7.65. The van der Waals surface area contributed by atoms with Crippen LogP contribution in [0.4, 0.5) is 5.82 Å². The molecule has 0 aliphatic heterocycles. The minimum atomic E-state index is -0.399. The van der Waals surface area contributed by atoms with Gasteiger partial charge in [-0.05, 0) is 24.3 Å². The Morgan fingerprint density at radius 3 is 2.88 bits per heavy atom. The summed E-state index contributed by atoms with van der Waals surface area (Å²) in [5, 5.41) is 20.0. The molecule has 0 spiro atoms. The number of rotatable bonds is 6. The van der Waals surface area contributed by atoms with Gasteiger partial charge in [-0.2, -0.15) is 15.5 Å². The van der Waals surface area contributed by atoms with Crippen LogP contribution in [-0.4, -0.2) is 25.5 Å². The van der Waals surface area contributed by atoms with Gasteiger partial charge in [-0.15, -0.1) is 0 Å². The standard InChI is InChI=1S/C16H13ClN6O2/c17-12-2-1-3-13(10-12)25-11-23-7-4-14(20-23)16(24)19-15-5-8-22(21-15)9-6-18/h1-5,7-8,10H,9,11H2,(H,19,21,24). The molecule has 2 aromatic heterocycles. The highest BCUT2D eigenvalue weighted by Gasteiger charge is 2.11. The van der Waals surface area contributed by atoms with Crippen molar-refractivity contribution in [3.63, 3.8) is 0 Å². The zero-order valence-corrected chi connectivity index (χ0v) is 13.7. The number of hydrogen-bond donors (Lipinski definition) is 1. The summed E-state index contributed by atoms with van der Waals surface area (Å²) in [6.45, 7) is 0.260. The van der Waals surface area contributed by atoms with Gasteiger partial charge in [0.1, 0.15) is 12.3 Å². The number of carbonyl (C=O) groups excluding carboxylic acids is 1. The molecule has 0 aliphatic carbocycles. The van der Waals surface area contributed by atoms with E-state index in [1.807, 2.05) is 6.07 Å². The number of ether oxygens (including phenoxy) is 1. The van der Waals surface area contributed by atoms with Gasteiger partial charge in [-0.1, -0.05) is 17.7 Å². The predicted molar refractivity (Wildman–Crippen MR) is 90.1 cm³/mol. The SMILES string of the molecule is N#CCn1ccc(NC(=O)c2ccn(COc3cccc(Cl)c3)n2)n1. The van der Waals surface area contributed by atoms with E-state index < -0.39 is 5.91 Å². The van der Waals surface area contributed by atoms with E-state index >= 15 is 0 Å². The highest BCUT2D eigenvalue weighted by molar-refractivity contribution is 6.30. The van der Waals surface area contributed by atoms with Crippen molar-refractivity contribution in [1.82, 2.24) is 19.6 Å². The van der Waals surface area contributed by atoms with E-state index in [1.165, 1.54) is 9.36 Å². The van der Waals surface area contributed by atoms with Gasteiger partial charge >= 0.3 is 0 Å². The topological polar surface area (TPSA) is 97.8 Å². The molecule has 0 aliphatic rings. The number of anilines is 1. The minimum absolute atomic E-state index is 0.116. The molecular formula is C16H13ClN6O2. The lowest BCUT2D eigenvalue weighted by Crippen LogP contribution is -2.15. The van der Waals surface area contributed by atoms with Gasteiger partial charge in [0.25, 0.3) is 5.91 Å². The first-order chi connectivity index (χ1) is 12.1. The molecule has 0 bridgehead atoms. The Morgan fingerprint density at radius 2 is 2.08 bits per heavy atom. The number of nitriles is 1. The molecule has 0 saturated carbocycles. The van der Waals surface area contributed by atoms with Crippen molar-refractivity contribution in [2.24, 2.45) is 0 Å². The van der Waals surface area contributed by atoms with Crippen LogP contribution in [0, 0.1) is 11.3 Å². The van der Waals surface area contributed by atoms with Crippen LogP contribution in [0.25, 0.3) is 0 Å². The maximum Gasteiger partial charge on any atom is 0.277 e. The van der Waals surface area contributed by atoms with Crippen molar-refractivity contribution in [2.45, 2.75) is 13.3 Å². The van der Waals surface area contributed by atoms with Gasteiger partial charge in [0, 0.05) is 23.5 Å². The summed E-state index contributed by atoms with van der Waals surface area (Å²) in [6, 6.07) is 12.1. The second kappa shape index (κ2) is 7.51. The van der Waals surface area contributed by atoms with E-state index in [9.17, 15) is 4.79 Å². The normalized spacial score (nSPS) is 10.2. The fourth-order valence-corrected chi connectivity index (χ4v) is 2.20.